The summed E-state index contributed by atoms with van der Waals surface area (Å²) in [5.41, 5.74) is 0.955. The van der Waals surface area contributed by atoms with E-state index < -0.39 is 5.60 Å². The lowest BCUT2D eigenvalue weighted by molar-refractivity contribution is -0.120. The van der Waals surface area contributed by atoms with E-state index in [9.17, 15) is 5.11 Å². The monoisotopic (exact) mass is 329 g/mol. The standard InChI is InChI=1S/C20H31N3O/c24-20(10-11-21-16-19(20)8-4-5-9-19)17-22-12-14-23(15-13-22)18-6-2-1-3-7-18/h1-3,6-7,21,24H,4-5,8-17H2. The van der Waals surface area contributed by atoms with E-state index in [-0.39, 0.29) is 5.41 Å². The normalized spacial score (nSPS) is 30.8. The van der Waals surface area contributed by atoms with Gasteiger partial charge in [-0.1, -0.05) is 31.0 Å². The van der Waals surface area contributed by atoms with Crippen LogP contribution in [0, 0.1) is 5.41 Å². The van der Waals surface area contributed by atoms with Crippen molar-refractivity contribution in [2.45, 2.75) is 37.7 Å². The minimum Gasteiger partial charge on any atom is -0.388 e. The molecule has 4 rings (SSSR count). The molecule has 1 aromatic carbocycles. The van der Waals surface area contributed by atoms with Gasteiger partial charge < -0.3 is 15.3 Å². The number of benzene rings is 1. The first-order valence-electron chi connectivity index (χ1n) is 9.66. The van der Waals surface area contributed by atoms with Gasteiger partial charge in [-0.15, -0.1) is 0 Å². The van der Waals surface area contributed by atoms with Crippen LogP contribution in [-0.2, 0) is 0 Å². The van der Waals surface area contributed by atoms with Crippen molar-refractivity contribution < 1.29 is 5.11 Å². The molecule has 4 nitrogen and oxygen atoms in total. The van der Waals surface area contributed by atoms with Crippen LogP contribution in [0.15, 0.2) is 30.3 Å². The summed E-state index contributed by atoms with van der Waals surface area (Å²) in [5, 5.41) is 15.1. The first kappa shape index (κ1) is 16.4. The number of β-amino-alcohol motifs (C(OH)–C–C–N with tert-alkyl or cyclic N) is 1. The molecular formula is C20H31N3O. The average molecular weight is 329 g/mol. The van der Waals surface area contributed by atoms with Crippen molar-refractivity contribution in [2.75, 3.05) is 50.7 Å². The summed E-state index contributed by atoms with van der Waals surface area (Å²) >= 11 is 0. The van der Waals surface area contributed by atoms with Gasteiger partial charge in [0, 0.05) is 50.4 Å². The molecule has 1 unspecified atom stereocenters. The van der Waals surface area contributed by atoms with Gasteiger partial charge in [-0.2, -0.15) is 0 Å². The van der Waals surface area contributed by atoms with Crippen molar-refractivity contribution in [3.05, 3.63) is 30.3 Å². The molecule has 1 spiro atoms. The van der Waals surface area contributed by atoms with E-state index in [2.05, 4.69) is 45.4 Å². The molecule has 132 valence electrons. The first-order valence-corrected chi connectivity index (χ1v) is 9.66. The van der Waals surface area contributed by atoms with Crippen LogP contribution < -0.4 is 10.2 Å². The molecule has 1 saturated carbocycles. The molecule has 3 aliphatic rings. The number of piperazine rings is 1. The highest BCUT2D eigenvalue weighted by Gasteiger charge is 2.53. The zero-order chi connectivity index (χ0) is 16.5. The Kier molecular flexibility index (Phi) is 4.54. The quantitative estimate of drug-likeness (QED) is 0.891. The minimum atomic E-state index is -0.496. The van der Waals surface area contributed by atoms with Crippen molar-refractivity contribution in [2.24, 2.45) is 5.41 Å². The molecule has 0 aromatic heterocycles. The van der Waals surface area contributed by atoms with Crippen LogP contribution >= 0.6 is 0 Å². The maximum atomic E-state index is 11.6. The van der Waals surface area contributed by atoms with E-state index in [1.165, 1.54) is 31.4 Å². The fourth-order valence-corrected chi connectivity index (χ4v) is 5.17. The number of rotatable bonds is 3. The smallest absolute Gasteiger partial charge is 0.0854 e. The number of nitrogens with one attached hydrogen (secondary N) is 1. The SMILES string of the molecule is OC1(CN2CCN(c3ccccc3)CC2)CCNCC12CCCC2. The summed E-state index contributed by atoms with van der Waals surface area (Å²) in [6.45, 7) is 7.06. The predicted octanol–water partition coefficient (Wildman–Crippen LogP) is 2.09. The molecule has 2 N–H and O–H groups in total. The molecule has 2 aliphatic heterocycles. The summed E-state index contributed by atoms with van der Waals surface area (Å²) in [7, 11) is 0. The second-order valence-electron chi connectivity index (χ2n) is 8.04. The third kappa shape index (κ3) is 2.96. The Morgan fingerprint density at radius 2 is 1.67 bits per heavy atom. The fraction of sp³-hybridized carbons (Fsp3) is 0.700. The highest BCUT2D eigenvalue weighted by atomic mass is 16.3. The predicted molar refractivity (Wildman–Crippen MR) is 98.4 cm³/mol. The zero-order valence-electron chi connectivity index (χ0n) is 14.7. The lowest BCUT2D eigenvalue weighted by Crippen LogP contribution is -2.63. The number of aliphatic hydroxyl groups is 1. The Bertz CT molecular complexity index is 535. The van der Waals surface area contributed by atoms with Gasteiger partial charge in [0.25, 0.3) is 0 Å². The number of para-hydroxylation sites is 1. The van der Waals surface area contributed by atoms with Gasteiger partial charge in [-0.25, -0.2) is 0 Å². The molecule has 1 atom stereocenters. The van der Waals surface area contributed by atoms with E-state index in [0.717, 1.165) is 52.2 Å². The molecule has 2 saturated heterocycles. The largest absolute Gasteiger partial charge is 0.388 e. The molecule has 2 heterocycles. The second-order valence-corrected chi connectivity index (χ2v) is 8.04. The van der Waals surface area contributed by atoms with Gasteiger partial charge >= 0.3 is 0 Å². The highest BCUT2D eigenvalue weighted by molar-refractivity contribution is 5.46. The van der Waals surface area contributed by atoms with E-state index in [0.29, 0.717) is 0 Å². The summed E-state index contributed by atoms with van der Waals surface area (Å²) < 4.78 is 0. The van der Waals surface area contributed by atoms with Crippen LogP contribution in [0.25, 0.3) is 0 Å². The Labute approximate surface area is 145 Å². The van der Waals surface area contributed by atoms with Crippen LogP contribution in [0.2, 0.25) is 0 Å². The van der Waals surface area contributed by atoms with Crippen molar-refractivity contribution in [3.63, 3.8) is 0 Å². The molecule has 1 aliphatic carbocycles. The molecule has 24 heavy (non-hydrogen) atoms. The number of hydrogen-bond donors (Lipinski definition) is 2. The minimum absolute atomic E-state index is 0.127. The van der Waals surface area contributed by atoms with Gasteiger partial charge in [0.05, 0.1) is 5.60 Å². The van der Waals surface area contributed by atoms with Crippen LogP contribution in [0.5, 0.6) is 0 Å². The van der Waals surface area contributed by atoms with Gasteiger partial charge in [0.15, 0.2) is 0 Å². The Hall–Kier alpha value is -1.10. The third-order valence-electron chi connectivity index (χ3n) is 6.71. The van der Waals surface area contributed by atoms with Crippen LogP contribution in [0.1, 0.15) is 32.1 Å². The molecule has 0 bridgehead atoms. The van der Waals surface area contributed by atoms with Gasteiger partial charge in [-0.05, 0) is 37.9 Å². The summed E-state index contributed by atoms with van der Waals surface area (Å²) in [6.07, 6.45) is 5.87. The Morgan fingerprint density at radius 3 is 2.38 bits per heavy atom. The second kappa shape index (κ2) is 6.66. The van der Waals surface area contributed by atoms with Crippen molar-refractivity contribution >= 4 is 5.69 Å². The van der Waals surface area contributed by atoms with Crippen molar-refractivity contribution in [1.29, 1.82) is 0 Å². The van der Waals surface area contributed by atoms with E-state index in [1.807, 2.05) is 0 Å². The lowest BCUT2D eigenvalue weighted by atomic mass is 9.66. The topological polar surface area (TPSA) is 38.7 Å². The summed E-state index contributed by atoms with van der Waals surface area (Å²) in [5.74, 6) is 0. The van der Waals surface area contributed by atoms with E-state index in [1.54, 1.807) is 0 Å². The molecule has 4 heteroatoms. The summed E-state index contributed by atoms with van der Waals surface area (Å²) in [4.78, 5) is 4.97. The number of anilines is 1. The molecule has 0 radical (unpaired) electrons. The number of hydrogen-bond acceptors (Lipinski definition) is 4. The Morgan fingerprint density at radius 1 is 0.958 bits per heavy atom. The highest BCUT2D eigenvalue weighted by Crippen LogP contribution is 2.49. The lowest BCUT2D eigenvalue weighted by Gasteiger charge is -2.51. The van der Waals surface area contributed by atoms with Gasteiger partial charge in [0.2, 0.25) is 0 Å². The van der Waals surface area contributed by atoms with Gasteiger partial charge in [-0.3, -0.25) is 4.90 Å². The van der Waals surface area contributed by atoms with Crippen LogP contribution in [0.3, 0.4) is 0 Å². The van der Waals surface area contributed by atoms with Crippen molar-refractivity contribution in [1.82, 2.24) is 10.2 Å². The Balaban J connectivity index is 1.39. The third-order valence-corrected chi connectivity index (χ3v) is 6.71. The van der Waals surface area contributed by atoms with E-state index >= 15 is 0 Å². The average Bonchev–Trinajstić information content (AvgIpc) is 3.10. The number of piperidine rings is 1. The van der Waals surface area contributed by atoms with Crippen LogP contribution in [-0.4, -0.2) is 61.4 Å². The zero-order valence-corrected chi connectivity index (χ0v) is 14.7. The fourth-order valence-electron chi connectivity index (χ4n) is 5.17. The molecular weight excluding hydrogens is 298 g/mol. The summed E-state index contributed by atoms with van der Waals surface area (Å²) in [6, 6.07) is 10.7. The maximum absolute atomic E-state index is 11.6. The molecule has 1 aromatic rings. The molecule has 3 fully saturated rings. The van der Waals surface area contributed by atoms with Crippen LogP contribution in [0.4, 0.5) is 5.69 Å². The first-order chi connectivity index (χ1) is 11.7. The number of nitrogens with zero attached hydrogens (tertiary/aromatic N) is 2. The molecule has 0 amide bonds. The maximum Gasteiger partial charge on any atom is 0.0854 e. The van der Waals surface area contributed by atoms with Gasteiger partial charge in [0.1, 0.15) is 0 Å². The van der Waals surface area contributed by atoms with Crippen molar-refractivity contribution in [3.8, 4) is 0 Å². The van der Waals surface area contributed by atoms with E-state index in [4.69, 9.17) is 0 Å².